The van der Waals surface area contributed by atoms with E-state index in [4.69, 9.17) is 9.47 Å². The minimum absolute atomic E-state index is 0.202. The molecule has 0 spiro atoms. The number of amides is 1. The molecule has 24 heavy (non-hydrogen) atoms. The van der Waals surface area contributed by atoms with Crippen LogP contribution in [0.25, 0.3) is 0 Å². The third-order valence-electron chi connectivity index (χ3n) is 3.72. The van der Waals surface area contributed by atoms with E-state index in [1.54, 1.807) is 11.9 Å². The standard InChI is InChI=1S/C17H19N3O4/c1-3-8-20-16(21)7-5-13(18-20)17(22)19(2)10-12-4-6-14-15(9-12)24-11-23-14/h4-7,9H,3,8,10-11H2,1-2H3. The fourth-order valence-corrected chi connectivity index (χ4v) is 2.52. The molecule has 7 heteroatoms. The van der Waals surface area contributed by atoms with E-state index in [9.17, 15) is 9.59 Å². The van der Waals surface area contributed by atoms with Crippen molar-refractivity contribution in [3.8, 4) is 11.5 Å². The van der Waals surface area contributed by atoms with E-state index < -0.39 is 0 Å². The summed E-state index contributed by atoms with van der Waals surface area (Å²) < 4.78 is 11.9. The summed E-state index contributed by atoms with van der Waals surface area (Å²) in [4.78, 5) is 25.8. The molecule has 0 radical (unpaired) electrons. The van der Waals surface area contributed by atoms with Crippen LogP contribution in [0.1, 0.15) is 29.4 Å². The van der Waals surface area contributed by atoms with Crippen LogP contribution in [-0.2, 0) is 13.1 Å². The van der Waals surface area contributed by atoms with Gasteiger partial charge in [0.15, 0.2) is 11.5 Å². The van der Waals surface area contributed by atoms with Gasteiger partial charge in [-0.1, -0.05) is 13.0 Å². The van der Waals surface area contributed by atoms with E-state index in [1.807, 2.05) is 25.1 Å². The van der Waals surface area contributed by atoms with Crippen molar-refractivity contribution < 1.29 is 14.3 Å². The molecule has 0 fully saturated rings. The maximum Gasteiger partial charge on any atom is 0.274 e. The highest BCUT2D eigenvalue weighted by Crippen LogP contribution is 2.32. The smallest absolute Gasteiger partial charge is 0.274 e. The molecule has 0 N–H and O–H groups in total. The Bertz CT molecular complexity index is 816. The van der Waals surface area contributed by atoms with Gasteiger partial charge in [-0.15, -0.1) is 0 Å². The molecule has 0 unspecified atom stereocenters. The number of carbonyl (C=O) groups excluding carboxylic acids is 1. The van der Waals surface area contributed by atoms with Crippen molar-refractivity contribution in [2.45, 2.75) is 26.4 Å². The van der Waals surface area contributed by atoms with Crippen molar-refractivity contribution in [2.75, 3.05) is 13.8 Å². The molecule has 1 aromatic heterocycles. The number of aryl methyl sites for hydroxylation is 1. The predicted octanol–water partition coefficient (Wildman–Crippen LogP) is 1.65. The van der Waals surface area contributed by atoms with E-state index in [0.29, 0.717) is 24.6 Å². The summed E-state index contributed by atoms with van der Waals surface area (Å²) in [5.74, 6) is 1.15. The van der Waals surface area contributed by atoms with E-state index in [1.165, 1.54) is 16.8 Å². The third kappa shape index (κ3) is 3.24. The van der Waals surface area contributed by atoms with Gasteiger partial charge in [0.2, 0.25) is 6.79 Å². The van der Waals surface area contributed by atoms with Gasteiger partial charge < -0.3 is 14.4 Å². The number of rotatable bonds is 5. The molecule has 1 amide bonds. The summed E-state index contributed by atoms with van der Waals surface area (Å²) in [5.41, 5.74) is 0.982. The van der Waals surface area contributed by atoms with E-state index in [2.05, 4.69) is 5.10 Å². The van der Waals surface area contributed by atoms with Gasteiger partial charge in [-0.05, 0) is 30.2 Å². The van der Waals surface area contributed by atoms with Gasteiger partial charge in [0.05, 0.1) is 0 Å². The monoisotopic (exact) mass is 329 g/mol. The fourth-order valence-electron chi connectivity index (χ4n) is 2.52. The van der Waals surface area contributed by atoms with Gasteiger partial charge in [0.25, 0.3) is 11.5 Å². The molecular weight excluding hydrogens is 310 g/mol. The molecule has 3 rings (SSSR count). The van der Waals surface area contributed by atoms with Crippen LogP contribution in [0, 0.1) is 0 Å². The Morgan fingerprint density at radius 2 is 2.04 bits per heavy atom. The normalized spacial score (nSPS) is 12.2. The van der Waals surface area contributed by atoms with Crippen LogP contribution in [0.15, 0.2) is 35.1 Å². The van der Waals surface area contributed by atoms with E-state index >= 15 is 0 Å². The van der Waals surface area contributed by atoms with Crippen LogP contribution < -0.4 is 15.0 Å². The molecule has 2 heterocycles. The number of nitrogens with zero attached hydrogens (tertiary/aromatic N) is 3. The van der Waals surface area contributed by atoms with Crippen molar-refractivity contribution in [3.63, 3.8) is 0 Å². The molecule has 2 aromatic rings. The van der Waals surface area contributed by atoms with E-state index in [-0.39, 0.29) is 24.0 Å². The lowest BCUT2D eigenvalue weighted by atomic mass is 10.2. The third-order valence-corrected chi connectivity index (χ3v) is 3.72. The number of hydrogen-bond donors (Lipinski definition) is 0. The lowest BCUT2D eigenvalue weighted by Crippen LogP contribution is -2.31. The van der Waals surface area contributed by atoms with Gasteiger partial charge in [0, 0.05) is 26.2 Å². The summed E-state index contributed by atoms with van der Waals surface area (Å²) in [5, 5.41) is 4.15. The summed E-state index contributed by atoms with van der Waals surface area (Å²) in [6.45, 7) is 3.07. The molecule has 1 aliphatic heterocycles. The molecule has 7 nitrogen and oxygen atoms in total. The van der Waals surface area contributed by atoms with Crippen LogP contribution in [0.5, 0.6) is 11.5 Å². The molecule has 1 aromatic carbocycles. The highest BCUT2D eigenvalue weighted by Gasteiger charge is 2.17. The lowest BCUT2D eigenvalue weighted by Gasteiger charge is -2.17. The summed E-state index contributed by atoms with van der Waals surface area (Å²) in [6, 6.07) is 8.42. The molecule has 126 valence electrons. The first-order valence-corrected chi connectivity index (χ1v) is 7.80. The highest BCUT2D eigenvalue weighted by molar-refractivity contribution is 5.91. The van der Waals surface area contributed by atoms with Crippen LogP contribution in [0.3, 0.4) is 0 Å². The second kappa shape index (κ2) is 6.74. The second-order valence-corrected chi connectivity index (χ2v) is 5.63. The maximum atomic E-state index is 12.5. The Morgan fingerprint density at radius 3 is 2.83 bits per heavy atom. The Hall–Kier alpha value is -2.83. The summed E-state index contributed by atoms with van der Waals surface area (Å²) in [7, 11) is 1.70. The number of ether oxygens (including phenoxy) is 2. The zero-order chi connectivity index (χ0) is 17.1. The largest absolute Gasteiger partial charge is 0.454 e. The number of carbonyl (C=O) groups is 1. The average Bonchev–Trinajstić information content (AvgIpc) is 3.04. The Kier molecular flexibility index (Phi) is 4.50. The maximum absolute atomic E-state index is 12.5. The molecule has 0 atom stereocenters. The van der Waals surface area contributed by atoms with Crippen molar-refractivity contribution in [1.82, 2.24) is 14.7 Å². The zero-order valence-corrected chi connectivity index (χ0v) is 13.7. The first-order chi connectivity index (χ1) is 11.6. The van der Waals surface area contributed by atoms with Crippen molar-refractivity contribution in [1.29, 1.82) is 0 Å². The topological polar surface area (TPSA) is 73.7 Å². The van der Waals surface area contributed by atoms with Gasteiger partial charge >= 0.3 is 0 Å². The van der Waals surface area contributed by atoms with E-state index in [0.717, 1.165) is 12.0 Å². The van der Waals surface area contributed by atoms with Gasteiger partial charge in [-0.2, -0.15) is 5.10 Å². The lowest BCUT2D eigenvalue weighted by molar-refractivity contribution is 0.0776. The van der Waals surface area contributed by atoms with Crippen LogP contribution in [-0.4, -0.2) is 34.4 Å². The SMILES string of the molecule is CCCn1nc(C(=O)N(C)Cc2ccc3c(c2)OCO3)ccc1=O. The molecule has 1 aliphatic rings. The molecule has 0 bridgehead atoms. The predicted molar refractivity (Wildman–Crippen MR) is 87.2 cm³/mol. The summed E-state index contributed by atoms with van der Waals surface area (Å²) in [6.07, 6.45) is 0.775. The van der Waals surface area contributed by atoms with Crippen molar-refractivity contribution in [2.24, 2.45) is 0 Å². The number of benzene rings is 1. The average molecular weight is 329 g/mol. The number of fused-ring (bicyclic) bond motifs is 1. The quantitative estimate of drug-likeness (QED) is 0.834. The van der Waals surface area contributed by atoms with Crippen LogP contribution in [0.2, 0.25) is 0 Å². The fraction of sp³-hybridized carbons (Fsp3) is 0.353. The molecule has 0 saturated heterocycles. The minimum Gasteiger partial charge on any atom is -0.454 e. The minimum atomic E-state index is -0.238. The summed E-state index contributed by atoms with van der Waals surface area (Å²) >= 11 is 0. The van der Waals surface area contributed by atoms with Crippen LogP contribution in [0.4, 0.5) is 0 Å². The van der Waals surface area contributed by atoms with Crippen molar-refractivity contribution >= 4 is 5.91 Å². The Labute approximate surface area is 139 Å². The van der Waals surface area contributed by atoms with Crippen LogP contribution >= 0.6 is 0 Å². The first-order valence-electron chi connectivity index (χ1n) is 7.80. The number of hydrogen-bond acceptors (Lipinski definition) is 5. The van der Waals surface area contributed by atoms with Gasteiger partial charge in [0.1, 0.15) is 5.69 Å². The van der Waals surface area contributed by atoms with Crippen molar-refractivity contribution in [3.05, 3.63) is 51.9 Å². The molecular formula is C17H19N3O4. The first kappa shape index (κ1) is 16.0. The Morgan fingerprint density at radius 1 is 1.25 bits per heavy atom. The zero-order valence-electron chi connectivity index (χ0n) is 13.7. The molecule has 0 saturated carbocycles. The highest BCUT2D eigenvalue weighted by atomic mass is 16.7. The molecule has 0 aliphatic carbocycles. The number of aromatic nitrogens is 2. The van der Waals surface area contributed by atoms with Gasteiger partial charge in [-0.25, -0.2) is 4.68 Å². The Balaban J connectivity index is 1.75. The second-order valence-electron chi connectivity index (χ2n) is 5.63. The van der Waals surface area contributed by atoms with Gasteiger partial charge in [-0.3, -0.25) is 9.59 Å².